The molecule has 0 spiro atoms. The molecule has 2 aromatic rings. The van der Waals surface area contributed by atoms with E-state index in [2.05, 4.69) is 4.57 Å². The third-order valence-corrected chi connectivity index (χ3v) is 7.50. The van der Waals surface area contributed by atoms with Gasteiger partial charge in [-0.1, -0.05) is 0 Å². The summed E-state index contributed by atoms with van der Waals surface area (Å²) in [5, 5.41) is 1.09. The van der Waals surface area contributed by atoms with Gasteiger partial charge in [-0.15, -0.1) is 0 Å². The molecule has 0 saturated carbocycles. The van der Waals surface area contributed by atoms with Gasteiger partial charge in [0.1, 0.15) is 0 Å². The van der Waals surface area contributed by atoms with Crippen LogP contribution in [0.25, 0.3) is 17.0 Å². The van der Waals surface area contributed by atoms with Gasteiger partial charge in [-0.25, -0.2) is 0 Å². The monoisotopic (exact) mass is 378 g/mol. The molecule has 1 aromatic carbocycles. The molecule has 144 valence electrons. The van der Waals surface area contributed by atoms with Crippen LogP contribution in [0.2, 0.25) is 0 Å². The minimum absolute atomic E-state index is 0.101. The molecule has 1 heterocycles. The Bertz CT molecular complexity index is 758. The molecule has 2 rings (SSSR count). The van der Waals surface area contributed by atoms with Crippen LogP contribution in [0.5, 0.6) is 0 Å². The molecule has 0 bridgehead atoms. The zero-order chi connectivity index (χ0) is 19.3. The van der Waals surface area contributed by atoms with E-state index < -0.39 is 7.87 Å². The van der Waals surface area contributed by atoms with Gasteiger partial charge >= 0.3 is 156 Å². The van der Waals surface area contributed by atoms with Crippen LogP contribution in [0.1, 0.15) is 39.7 Å². The predicted molar refractivity (Wildman–Crippen MR) is 111 cm³/mol. The van der Waals surface area contributed by atoms with Gasteiger partial charge in [0.2, 0.25) is 0 Å². The van der Waals surface area contributed by atoms with Crippen LogP contribution in [0.15, 0.2) is 36.5 Å². The topological polar surface area (TPSA) is 65.7 Å². The van der Waals surface area contributed by atoms with Crippen LogP contribution >= 0.6 is 7.87 Å². The number of carbonyl (C=O) groups is 1. The molecule has 5 nitrogen and oxygen atoms in total. The van der Waals surface area contributed by atoms with Crippen molar-refractivity contribution < 1.29 is 14.6 Å². The second kappa shape index (κ2) is 8.92. The van der Waals surface area contributed by atoms with E-state index in [4.69, 9.17) is 0 Å². The van der Waals surface area contributed by atoms with Gasteiger partial charge in [0.05, 0.1) is 0 Å². The number of hydrogen-bond donors (Lipinski definition) is 2. The van der Waals surface area contributed by atoms with Crippen molar-refractivity contribution in [3.8, 4) is 0 Å². The van der Waals surface area contributed by atoms with Crippen LogP contribution in [0.4, 0.5) is 0 Å². The normalized spacial score (nSPS) is 13.6. The summed E-state index contributed by atoms with van der Waals surface area (Å²) in [6.45, 7) is 8.70. The summed E-state index contributed by atoms with van der Waals surface area (Å²) in [5.74, 6) is 0. The Morgan fingerprint density at radius 3 is 2.42 bits per heavy atom. The number of benzene rings is 1. The van der Waals surface area contributed by atoms with Crippen molar-refractivity contribution in [1.82, 2.24) is 9.24 Å². The van der Waals surface area contributed by atoms with Crippen molar-refractivity contribution in [2.45, 2.75) is 52.7 Å². The quantitative estimate of drug-likeness (QED) is 0.395. The maximum atomic E-state index is 10.7. The Labute approximate surface area is 156 Å². The van der Waals surface area contributed by atoms with Crippen molar-refractivity contribution in [3.63, 3.8) is 0 Å². The zero-order valence-electron chi connectivity index (χ0n) is 16.1. The second-order valence-electron chi connectivity index (χ2n) is 7.26. The van der Waals surface area contributed by atoms with Crippen LogP contribution in [-0.4, -0.2) is 43.6 Å². The van der Waals surface area contributed by atoms with E-state index in [1.54, 1.807) is 0 Å². The third kappa shape index (κ3) is 4.80. The minimum atomic E-state index is -3.43. The number of rotatable bonds is 9. The molecule has 0 radical (unpaired) electrons. The predicted octanol–water partition coefficient (Wildman–Crippen LogP) is 3.84. The van der Waals surface area contributed by atoms with Crippen LogP contribution < -0.4 is 0 Å². The summed E-state index contributed by atoms with van der Waals surface area (Å²) in [5.41, 5.74) is 2.08. The number of aromatic nitrogens is 1. The molecule has 26 heavy (non-hydrogen) atoms. The van der Waals surface area contributed by atoms with Crippen LogP contribution in [0, 0.1) is 0 Å². The van der Waals surface area contributed by atoms with Crippen LogP contribution in [-0.2, 0) is 11.3 Å². The number of aryl methyl sites for hydroxylation is 1. The fourth-order valence-corrected chi connectivity index (χ4v) is 6.32. The molecule has 0 aliphatic carbocycles. The average Bonchev–Trinajstić information content (AvgIpc) is 2.90. The van der Waals surface area contributed by atoms with Gasteiger partial charge < -0.3 is 0 Å². The number of hydrogen-bond acceptors (Lipinski definition) is 4. The van der Waals surface area contributed by atoms with Crippen molar-refractivity contribution >= 4 is 31.1 Å². The van der Waals surface area contributed by atoms with E-state index in [9.17, 15) is 14.6 Å². The Kier molecular flexibility index (Phi) is 7.13. The number of allylic oxidation sites excluding steroid dienone is 1. The summed E-state index contributed by atoms with van der Waals surface area (Å²) in [6.07, 6.45) is 7.18. The van der Waals surface area contributed by atoms with Gasteiger partial charge in [-0.2, -0.15) is 0 Å². The maximum absolute atomic E-state index is 10.7. The van der Waals surface area contributed by atoms with Gasteiger partial charge in [0.25, 0.3) is 0 Å². The Hall–Kier alpha value is -1.52. The molecule has 0 aliphatic rings. The third-order valence-electron chi connectivity index (χ3n) is 4.61. The summed E-state index contributed by atoms with van der Waals surface area (Å²) < 4.78 is 3.98. The molecule has 0 unspecified atom stereocenters. The standard InChI is InChI=1S/C20H31N2O3P/c1-16(2)22(17(3)4)26(24,25)14-8-12-21-15-18(9-7-13-23)19-10-5-6-11-20(19)21/h5-7,9-11,13,15-17,24-26H,8,12,14H2,1-4H3. The van der Waals surface area contributed by atoms with E-state index in [1.807, 2.05) is 68.9 Å². The molecule has 2 N–H and O–H groups in total. The molecule has 0 atom stereocenters. The molecule has 0 amide bonds. The first-order valence-electron chi connectivity index (χ1n) is 9.21. The van der Waals surface area contributed by atoms with Gasteiger partial charge in [-0.3, -0.25) is 0 Å². The summed E-state index contributed by atoms with van der Waals surface area (Å²) >= 11 is 0. The molecule has 0 aliphatic heterocycles. The number of aldehydes is 1. The van der Waals surface area contributed by atoms with Crippen molar-refractivity contribution in [2.24, 2.45) is 0 Å². The van der Waals surface area contributed by atoms with E-state index in [0.717, 1.165) is 22.8 Å². The molecule has 0 saturated heterocycles. The Balaban J connectivity index is 2.15. The van der Waals surface area contributed by atoms with Gasteiger partial charge in [-0.05, 0) is 0 Å². The summed E-state index contributed by atoms with van der Waals surface area (Å²) in [4.78, 5) is 32.0. The first-order valence-corrected chi connectivity index (χ1v) is 11.3. The fourth-order valence-electron chi connectivity index (χ4n) is 3.77. The number of para-hydroxylation sites is 1. The number of fused-ring (bicyclic) bond motifs is 1. The Morgan fingerprint density at radius 2 is 1.81 bits per heavy atom. The van der Waals surface area contributed by atoms with E-state index in [1.165, 1.54) is 6.08 Å². The summed E-state index contributed by atoms with van der Waals surface area (Å²) in [7, 11) is -3.43. The molecular formula is C20H31N2O3P. The van der Waals surface area contributed by atoms with Crippen molar-refractivity contribution in [2.75, 3.05) is 6.16 Å². The SMILES string of the molecule is CC(C)N(C(C)C)[PH](O)(O)CCCn1cc(C=CC=O)c2ccccc21. The molecule has 0 fully saturated rings. The first-order chi connectivity index (χ1) is 12.3. The fraction of sp³-hybridized carbons (Fsp3) is 0.450. The van der Waals surface area contributed by atoms with E-state index in [-0.39, 0.29) is 12.1 Å². The first kappa shape index (κ1) is 20.8. The molecular weight excluding hydrogens is 347 g/mol. The number of nitrogens with zero attached hydrogens (tertiary/aromatic N) is 2. The second-order valence-corrected chi connectivity index (χ2v) is 9.83. The zero-order valence-corrected chi connectivity index (χ0v) is 17.1. The number of carbonyl (C=O) groups excluding carboxylic acids is 1. The molecule has 6 heteroatoms. The van der Waals surface area contributed by atoms with E-state index >= 15 is 0 Å². The molecule has 1 aromatic heterocycles. The van der Waals surface area contributed by atoms with Crippen LogP contribution in [0.3, 0.4) is 0 Å². The van der Waals surface area contributed by atoms with Gasteiger partial charge in [0, 0.05) is 0 Å². The van der Waals surface area contributed by atoms with Gasteiger partial charge in [0.15, 0.2) is 0 Å². The van der Waals surface area contributed by atoms with E-state index in [0.29, 0.717) is 19.1 Å². The summed E-state index contributed by atoms with van der Waals surface area (Å²) in [6, 6.07) is 8.25. The van der Waals surface area contributed by atoms with Crippen molar-refractivity contribution in [3.05, 3.63) is 42.1 Å². The Morgan fingerprint density at radius 1 is 1.15 bits per heavy atom. The average molecular weight is 378 g/mol. The van der Waals surface area contributed by atoms with Crippen molar-refractivity contribution in [1.29, 1.82) is 0 Å².